The molecule has 0 saturated carbocycles. The molecule has 1 heterocycles. The van der Waals surface area contributed by atoms with Crippen molar-refractivity contribution in [2.75, 3.05) is 20.6 Å². The average molecular weight is 280 g/mol. The highest BCUT2D eigenvalue weighted by molar-refractivity contribution is 6.08. The van der Waals surface area contributed by atoms with Crippen molar-refractivity contribution in [2.45, 2.75) is 26.3 Å². The van der Waals surface area contributed by atoms with Gasteiger partial charge in [0.05, 0.1) is 0 Å². The minimum Gasteiger partial charge on any atom is -0.339 e. The van der Waals surface area contributed by atoms with Crippen LogP contribution in [0.5, 0.6) is 0 Å². The molecule has 110 valence electrons. The quantitative estimate of drug-likeness (QED) is 0.684. The molecule has 0 amide bonds. The number of benzene rings is 2. The fraction of sp³-hybridized carbons (Fsp3) is 0.368. The fourth-order valence-electron chi connectivity index (χ4n) is 2.97. The third-order valence-corrected chi connectivity index (χ3v) is 4.23. The second-order valence-electron chi connectivity index (χ2n) is 6.40. The van der Waals surface area contributed by atoms with Crippen molar-refractivity contribution in [3.05, 3.63) is 48.0 Å². The molecule has 0 unspecified atom stereocenters. The van der Waals surface area contributed by atoms with E-state index in [1.54, 1.807) is 0 Å². The van der Waals surface area contributed by atoms with Crippen molar-refractivity contribution in [1.82, 2.24) is 9.47 Å². The first kappa shape index (κ1) is 14.2. The van der Waals surface area contributed by atoms with Crippen LogP contribution in [0, 0.1) is 0 Å². The third kappa shape index (κ3) is 2.56. The Labute approximate surface area is 127 Å². The Kier molecular flexibility index (Phi) is 3.73. The van der Waals surface area contributed by atoms with E-state index in [1.165, 1.54) is 27.4 Å². The number of fused-ring (bicyclic) bond motifs is 3. The van der Waals surface area contributed by atoms with Crippen molar-refractivity contribution in [1.29, 1.82) is 0 Å². The van der Waals surface area contributed by atoms with Crippen LogP contribution in [0.2, 0.25) is 0 Å². The van der Waals surface area contributed by atoms with E-state index >= 15 is 0 Å². The van der Waals surface area contributed by atoms with Gasteiger partial charge in [0.1, 0.15) is 0 Å². The second-order valence-corrected chi connectivity index (χ2v) is 6.40. The van der Waals surface area contributed by atoms with Gasteiger partial charge < -0.3 is 9.47 Å². The largest absolute Gasteiger partial charge is 0.339 e. The van der Waals surface area contributed by atoms with Crippen molar-refractivity contribution in [3.63, 3.8) is 0 Å². The smallest absolute Gasteiger partial charge is 0.0492 e. The van der Waals surface area contributed by atoms with Crippen molar-refractivity contribution in [2.24, 2.45) is 0 Å². The van der Waals surface area contributed by atoms with Crippen LogP contribution in [0.15, 0.2) is 42.5 Å². The van der Waals surface area contributed by atoms with Crippen molar-refractivity contribution in [3.8, 4) is 0 Å². The second kappa shape index (κ2) is 5.53. The van der Waals surface area contributed by atoms with Crippen LogP contribution in [0.1, 0.15) is 25.3 Å². The van der Waals surface area contributed by atoms with Gasteiger partial charge in [-0.1, -0.05) is 38.1 Å². The lowest BCUT2D eigenvalue weighted by Crippen LogP contribution is -2.18. The SMILES string of the molecule is CC(C)c1ccc2c(c1)c1ccccc1n2CCN(C)C. The maximum absolute atomic E-state index is 2.45. The van der Waals surface area contributed by atoms with Gasteiger partial charge >= 0.3 is 0 Å². The number of para-hydroxylation sites is 1. The summed E-state index contributed by atoms with van der Waals surface area (Å²) in [5, 5.41) is 2.75. The maximum Gasteiger partial charge on any atom is 0.0492 e. The molecule has 0 aliphatic carbocycles. The molecule has 0 saturated heterocycles. The Morgan fingerprint density at radius 1 is 0.952 bits per heavy atom. The fourth-order valence-corrected chi connectivity index (χ4v) is 2.97. The Hall–Kier alpha value is -1.80. The molecule has 3 rings (SSSR count). The van der Waals surface area contributed by atoms with Crippen LogP contribution >= 0.6 is 0 Å². The van der Waals surface area contributed by atoms with E-state index in [9.17, 15) is 0 Å². The predicted octanol–water partition coefficient (Wildman–Crippen LogP) is 4.48. The van der Waals surface area contributed by atoms with Gasteiger partial charge in [-0.15, -0.1) is 0 Å². The highest BCUT2D eigenvalue weighted by Gasteiger charge is 2.11. The topological polar surface area (TPSA) is 8.17 Å². The number of nitrogens with zero attached hydrogens (tertiary/aromatic N) is 2. The monoisotopic (exact) mass is 280 g/mol. The van der Waals surface area contributed by atoms with E-state index in [2.05, 4.69) is 79.9 Å². The van der Waals surface area contributed by atoms with Gasteiger partial charge in [0.15, 0.2) is 0 Å². The third-order valence-electron chi connectivity index (χ3n) is 4.23. The first-order chi connectivity index (χ1) is 10.1. The summed E-state index contributed by atoms with van der Waals surface area (Å²) in [5.74, 6) is 0.568. The molecule has 0 spiro atoms. The van der Waals surface area contributed by atoms with Gasteiger partial charge in [-0.25, -0.2) is 0 Å². The Bertz CT molecular complexity index is 766. The average Bonchev–Trinajstić information content (AvgIpc) is 2.78. The molecule has 0 bridgehead atoms. The molecule has 0 fully saturated rings. The van der Waals surface area contributed by atoms with Gasteiger partial charge in [0, 0.05) is 34.9 Å². The minimum atomic E-state index is 0.568. The maximum atomic E-state index is 2.45. The number of likely N-dealkylation sites (N-methyl/N-ethyl adjacent to an activating group) is 1. The van der Waals surface area contributed by atoms with Crippen LogP contribution in [-0.2, 0) is 6.54 Å². The van der Waals surface area contributed by atoms with E-state index in [-0.39, 0.29) is 0 Å². The summed E-state index contributed by atoms with van der Waals surface area (Å²) >= 11 is 0. The van der Waals surface area contributed by atoms with Crippen molar-refractivity contribution < 1.29 is 0 Å². The number of aromatic nitrogens is 1. The molecule has 21 heavy (non-hydrogen) atoms. The van der Waals surface area contributed by atoms with Crippen LogP contribution in [-0.4, -0.2) is 30.1 Å². The van der Waals surface area contributed by atoms with Gasteiger partial charge in [-0.05, 0) is 43.8 Å². The van der Waals surface area contributed by atoms with Gasteiger partial charge in [-0.3, -0.25) is 0 Å². The van der Waals surface area contributed by atoms with Gasteiger partial charge in [-0.2, -0.15) is 0 Å². The number of hydrogen-bond donors (Lipinski definition) is 0. The van der Waals surface area contributed by atoms with Crippen LogP contribution < -0.4 is 0 Å². The molecule has 3 aromatic rings. The molecule has 1 aromatic heterocycles. The summed E-state index contributed by atoms with van der Waals surface area (Å²) in [7, 11) is 4.26. The Balaban J connectivity index is 2.23. The highest BCUT2D eigenvalue weighted by atomic mass is 15.1. The molecule has 2 heteroatoms. The molecule has 0 aliphatic rings. The van der Waals surface area contributed by atoms with Crippen LogP contribution in [0.4, 0.5) is 0 Å². The summed E-state index contributed by atoms with van der Waals surface area (Å²) in [6.07, 6.45) is 0. The lowest BCUT2D eigenvalue weighted by Gasteiger charge is -2.13. The van der Waals surface area contributed by atoms with E-state index < -0.39 is 0 Å². The number of rotatable bonds is 4. The zero-order valence-corrected chi connectivity index (χ0v) is 13.4. The lowest BCUT2D eigenvalue weighted by molar-refractivity contribution is 0.389. The van der Waals surface area contributed by atoms with E-state index in [0.29, 0.717) is 5.92 Å². The Morgan fingerprint density at radius 3 is 2.38 bits per heavy atom. The molecule has 2 nitrogen and oxygen atoms in total. The molecular formula is C19H24N2. The summed E-state index contributed by atoms with van der Waals surface area (Å²) in [5.41, 5.74) is 4.11. The van der Waals surface area contributed by atoms with Crippen molar-refractivity contribution >= 4 is 21.8 Å². The first-order valence-corrected chi connectivity index (χ1v) is 7.73. The zero-order valence-electron chi connectivity index (χ0n) is 13.4. The predicted molar refractivity (Wildman–Crippen MR) is 92.1 cm³/mol. The lowest BCUT2D eigenvalue weighted by atomic mass is 10.0. The summed E-state index contributed by atoms with van der Waals surface area (Å²) in [6.45, 7) is 6.59. The van der Waals surface area contributed by atoms with Crippen LogP contribution in [0.25, 0.3) is 21.8 Å². The van der Waals surface area contributed by atoms with Gasteiger partial charge in [0.2, 0.25) is 0 Å². The standard InChI is InChI=1S/C19H24N2/c1-14(2)15-9-10-19-17(13-15)16-7-5-6-8-18(16)21(19)12-11-20(3)4/h5-10,13-14H,11-12H2,1-4H3. The summed E-state index contributed by atoms with van der Waals surface area (Å²) < 4.78 is 2.45. The minimum absolute atomic E-state index is 0.568. The molecule has 0 radical (unpaired) electrons. The summed E-state index contributed by atoms with van der Waals surface area (Å²) in [6, 6.07) is 15.7. The summed E-state index contributed by atoms with van der Waals surface area (Å²) in [4.78, 5) is 2.24. The van der Waals surface area contributed by atoms with E-state index in [0.717, 1.165) is 13.1 Å². The molecule has 0 atom stereocenters. The molecule has 0 N–H and O–H groups in total. The van der Waals surface area contributed by atoms with E-state index in [1.807, 2.05) is 0 Å². The number of hydrogen-bond acceptors (Lipinski definition) is 1. The first-order valence-electron chi connectivity index (χ1n) is 7.73. The Morgan fingerprint density at radius 2 is 1.67 bits per heavy atom. The highest BCUT2D eigenvalue weighted by Crippen LogP contribution is 2.31. The van der Waals surface area contributed by atoms with E-state index in [4.69, 9.17) is 0 Å². The molecule has 2 aromatic carbocycles. The molecular weight excluding hydrogens is 256 g/mol. The molecule has 0 aliphatic heterocycles. The normalized spacial score (nSPS) is 12.1. The van der Waals surface area contributed by atoms with Gasteiger partial charge in [0.25, 0.3) is 0 Å². The van der Waals surface area contributed by atoms with Crippen LogP contribution in [0.3, 0.4) is 0 Å². The zero-order chi connectivity index (χ0) is 15.0.